The van der Waals surface area contributed by atoms with Crippen molar-refractivity contribution >= 4 is 34.7 Å². The van der Waals surface area contributed by atoms with Crippen LogP contribution in [-0.4, -0.2) is 36.0 Å². The Labute approximate surface area is 242 Å². The third-order valence-corrected chi connectivity index (χ3v) is 7.28. The normalized spacial score (nSPS) is 15.2. The number of primary amides is 1. The van der Waals surface area contributed by atoms with E-state index in [4.69, 9.17) is 5.73 Å². The first-order chi connectivity index (χ1) is 20.2. The maximum atomic E-state index is 13.9. The van der Waals surface area contributed by atoms with Gasteiger partial charge in [0.05, 0.1) is 11.3 Å². The van der Waals surface area contributed by atoms with E-state index in [1.54, 1.807) is 12.1 Å². The highest BCUT2D eigenvalue weighted by atomic mass is 19.4. The van der Waals surface area contributed by atoms with Gasteiger partial charge in [-0.15, -0.1) is 0 Å². The molecule has 1 amide bonds. The molecule has 2 heterocycles. The van der Waals surface area contributed by atoms with E-state index in [2.05, 4.69) is 44.1 Å². The van der Waals surface area contributed by atoms with Crippen molar-refractivity contribution in [3.05, 3.63) is 101 Å². The number of alkyl halides is 3. The standard InChI is InChI=1S/C31H32F3N7O/c1-41(27-10-3-2-9-25(27)28(35)42)29-26(31(32,33)34)19-38-30(40-29)39-23-13-11-20(12-14-23)17-37-24-8-4-6-21(16-24)22-7-5-15-36-18-22/h2-4,6,8-14,16,19,22,36-37H,5,7,15,17-18H2,1H3,(H2,35,42)(H,38,39,40). The molecule has 0 saturated carbocycles. The molecule has 1 saturated heterocycles. The Morgan fingerprint density at radius 2 is 1.86 bits per heavy atom. The number of nitrogens with two attached hydrogens (primary N) is 1. The number of nitrogens with one attached hydrogen (secondary N) is 3. The van der Waals surface area contributed by atoms with Gasteiger partial charge in [0.25, 0.3) is 5.91 Å². The Balaban J connectivity index is 1.29. The molecule has 0 radical (unpaired) electrons. The first-order valence-electron chi connectivity index (χ1n) is 13.7. The van der Waals surface area contributed by atoms with Gasteiger partial charge in [-0.1, -0.05) is 36.4 Å². The summed E-state index contributed by atoms with van der Waals surface area (Å²) < 4.78 is 41.6. The van der Waals surface area contributed by atoms with Crippen LogP contribution in [0.25, 0.3) is 0 Å². The second kappa shape index (κ2) is 12.5. The van der Waals surface area contributed by atoms with Crippen molar-refractivity contribution < 1.29 is 18.0 Å². The number of halogens is 3. The number of nitrogens with zero attached hydrogens (tertiary/aromatic N) is 3. The number of benzene rings is 3. The molecule has 8 nitrogen and oxygen atoms in total. The molecule has 0 spiro atoms. The largest absolute Gasteiger partial charge is 0.421 e. The van der Waals surface area contributed by atoms with Crippen LogP contribution in [0.15, 0.2) is 79.0 Å². The van der Waals surface area contributed by atoms with Crippen LogP contribution in [0.4, 0.5) is 42.0 Å². The molecule has 5 N–H and O–H groups in total. The highest BCUT2D eigenvalue weighted by molar-refractivity contribution is 5.99. The van der Waals surface area contributed by atoms with E-state index in [1.165, 1.54) is 42.5 Å². The molecule has 5 rings (SSSR count). The van der Waals surface area contributed by atoms with Crippen LogP contribution in [0.5, 0.6) is 0 Å². The van der Waals surface area contributed by atoms with Crippen LogP contribution < -0.4 is 26.6 Å². The van der Waals surface area contributed by atoms with Gasteiger partial charge in [-0.25, -0.2) is 4.98 Å². The van der Waals surface area contributed by atoms with Gasteiger partial charge in [0.2, 0.25) is 5.95 Å². The van der Waals surface area contributed by atoms with Gasteiger partial charge in [-0.05, 0) is 72.8 Å². The summed E-state index contributed by atoms with van der Waals surface area (Å²) in [4.78, 5) is 21.2. The minimum absolute atomic E-state index is 0.0266. The Bertz CT molecular complexity index is 1540. The number of hydrogen-bond donors (Lipinski definition) is 4. The summed E-state index contributed by atoms with van der Waals surface area (Å²) in [5.41, 5.74) is 8.69. The van der Waals surface area contributed by atoms with Crippen molar-refractivity contribution in [2.45, 2.75) is 31.5 Å². The first kappa shape index (κ1) is 28.9. The minimum Gasteiger partial charge on any atom is -0.381 e. The number of piperidine rings is 1. The second-order valence-electron chi connectivity index (χ2n) is 10.2. The lowest BCUT2D eigenvalue weighted by Crippen LogP contribution is -2.28. The maximum Gasteiger partial charge on any atom is 0.421 e. The molecule has 3 aromatic carbocycles. The molecule has 1 fully saturated rings. The lowest BCUT2D eigenvalue weighted by atomic mass is 9.91. The van der Waals surface area contributed by atoms with Crippen molar-refractivity contribution in [2.75, 3.05) is 35.7 Å². The van der Waals surface area contributed by atoms with Crippen molar-refractivity contribution in [3.8, 4) is 0 Å². The molecule has 1 unspecified atom stereocenters. The molecule has 0 aliphatic carbocycles. The molecule has 11 heteroatoms. The van der Waals surface area contributed by atoms with E-state index >= 15 is 0 Å². The summed E-state index contributed by atoms with van der Waals surface area (Å²) in [6, 6.07) is 22.1. The summed E-state index contributed by atoms with van der Waals surface area (Å²) in [5, 5.41) is 9.90. The number of para-hydroxylation sites is 1. The number of aromatic nitrogens is 2. The van der Waals surface area contributed by atoms with Crippen molar-refractivity contribution in [1.29, 1.82) is 0 Å². The fourth-order valence-electron chi connectivity index (χ4n) is 5.06. The molecule has 1 atom stereocenters. The summed E-state index contributed by atoms with van der Waals surface area (Å²) in [7, 11) is 1.40. The molecule has 1 aliphatic heterocycles. The highest BCUT2D eigenvalue weighted by Crippen LogP contribution is 2.38. The molecule has 4 aromatic rings. The first-order valence-corrected chi connectivity index (χ1v) is 13.7. The topological polar surface area (TPSA) is 108 Å². The predicted octanol–water partition coefficient (Wildman–Crippen LogP) is 6.18. The van der Waals surface area contributed by atoms with Crippen LogP contribution in [-0.2, 0) is 12.7 Å². The smallest absolute Gasteiger partial charge is 0.381 e. The van der Waals surface area contributed by atoms with Crippen molar-refractivity contribution in [3.63, 3.8) is 0 Å². The van der Waals surface area contributed by atoms with Gasteiger partial charge in [0.1, 0.15) is 5.56 Å². The number of hydrogen-bond acceptors (Lipinski definition) is 7. The lowest BCUT2D eigenvalue weighted by molar-refractivity contribution is -0.137. The molecular formula is C31H32F3N7O. The molecule has 1 aliphatic rings. The average Bonchev–Trinajstić information content (AvgIpc) is 3.00. The molecule has 1 aromatic heterocycles. The molecule has 218 valence electrons. The van der Waals surface area contributed by atoms with Crippen LogP contribution in [0.2, 0.25) is 0 Å². The fraction of sp³-hybridized carbons (Fsp3) is 0.258. The number of amides is 1. The monoisotopic (exact) mass is 575 g/mol. The Hall–Kier alpha value is -4.64. The Morgan fingerprint density at radius 1 is 1.07 bits per heavy atom. The predicted molar refractivity (Wildman–Crippen MR) is 158 cm³/mol. The van der Waals surface area contributed by atoms with Gasteiger partial charge in [0.15, 0.2) is 5.82 Å². The van der Waals surface area contributed by atoms with Gasteiger partial charge >= 0.3 is 6.18 Å². The van der Waals surface area contributed by atoms with Gasteiger partial charge < -0.3 is 26.6 Å². The van der Waals surface area contributed by atoms with E-state index < -0.39 is 23.5 Å². The van der Waals surface area contributed by atoms with Crippen LogP contribution in [0, 0.1) is 0 Å². The van der Waals surface area contributed by atoms with E-state index in [0.717, 1.165) is 30.5 Å². The number of rotatable bonds is 9. The fourth-order valence-corrected chi connectivity index (χ4v) is 5.06. The highest BCUT2D eigenvalue weighted by Gasteiger charge is 2.37. The summed E-state index contributed by atoms with van der Waals surface area (Å²) in [5.74, 6) is -0.680. The average molecular weight is 576 g/mol. The van der Waals surface area contributed by atoms with Crippen molar-refractivity contribution in [1.82, 2.24) is 15.3 Å². The van der Waals surface area contributed by atoms with Crippen LogP contribution in [0.3, 0.4) is 0 Å². The van der Waals surface area contributed by atoms with E-state index in [1.807, 2.05) is 30.3 Å². The second-order valence-corrected chi connectivity index (χ2v) is 10.2. The third kappa shape index (κ3) is 6.80. The number of carbonyl (C=O) groups is 1. The molecule has 0 bridgehead atoms. The Morgan fingerprint density at radius 3 is 2.57 bits per heavy atom. The van der Waals surface area contributed by atoms with E-state index in [0.29, 0.717) is 18.2 Å². The number of anilines is 5. The third-order valence-electron chi connectivity index (χ3n) is 7.28. The van der Waals surface area contributed by atoms with E-state index in [-0.39, 0.29) is 17.2 Å². The quantitative estimate of drug-likeness (QED) is 0.189. The lowest BCUT2D eigenvalue weighted by Gasteiger charge is -2.24. The zero-order valence-electron chi connectivity index (χ0n) is 23.1. The van der Waals surface area contributed by atoms with Gasteiger partial charge in [-0.3, -0.25) is 4.79 Å². The van der Waals surface area contributed by atoms with Gasteiger partial charge in [0, 0.05) is 37.7 Å². The number of carbonyl (C=O) groups excluding carboxylic acids is 1. The summed E-state index contributed by atoms with van der Waals surface area (Å²) in [6.07, 6.45) is -1.62. The minimum atomic E-state index is -4.72. The zero-order chi connectivity index (χ0) is 29.7. The van der Waals surface area contributed by atoms with E-state index in [9.17, 15) is 18.0 Å². The maximum absolute atomic E-state index is 13.9. The Kier molecular flexibility index (Phi) is 8.58. The SMILES string of the molecule is CN(c1ccccc1C(N)=O)c1nc(Nc2ccc(CNc3cccc(C4CCCNC4)c3)cc2)ncc1C(F)(F)F. The van der Waals surface area contributed by atoms with Crippen LogP contribution >= 0.6 is 0 Å². The van der Waals surface area contributed by atoms with Crippen molar-refractivity contribution in [2.24, 2.45) is 5.73 Å². The molecule has 42 heavy (non-hydrogen) atoms. The molecular weight excluding hydrogens is 543 g/mol. The summed E-state index contributed by atoms with van der Waals surface area (Å²) >= 11 is 0. The van der Waals surface area contributed by atoms with Crippen LogP contribution in [0.1, 0.15) is 45.8 Å². The summed E-state index contributed by atoms with van der Waals surface area (Å²) in [6.45, 7) is 2.69. The zero-order valence-corrected chi connectivity index (χ0v) is 23.1. The van der Waals surface area contributed by atoms with Gasteiger partial charge in [-0.2, -0.15) is 18.2 Å².